The second kappa shape index (κ2) is 9.22. The fourth-order valence-corrected chi connectivity index (χ4v) is 3.39. The molecule has 0 aromatic carbocycles. The highest BCUT2D eigenvalue weighted by Crippen LogP contribution is 2.25. The Labute approximate surface area is 170 Å². The molecule has 1 aliphatic rings. The van der Waals surface area contributed by atoms with Gasteiger partial charge in [0.2, 0.25) is 11.9 Å². The molecule has 154 valence electrons. The number of rotatable bonds is 7. The van der Waals surface area contributed by atoms with E-state index in [9.17, 15) is 4.79 Å². The average Bonchev–Trinajstić information content (AvgIpc) is 3.20. The predicted octanol–water partition coefficient (Wildman–Crippen LogP) is 2.24. The Kier molecular flexibility index (Phi) is 6.48. The van der Waals surface area contributed by atoms with Gasteiger partial charge in [0.25, 0.3) is 0 Å². The van der Waals surface area contributed by atoms with Gasteiger partial charge in [-0.2, -0.15) is 9.97 Å². The minimum atomic E-state index is -0.0474. The van der Waals surface area contributed by atoms with E-state index in [1.165, 1.54) is 12.3 Å². The average molecular weight is 396 g/mol. The lowest BCUT2D eigenvalue weighted by molar-refractivity contribution is -0.129. The molecule has 0 spiro atoms. The number of carbonyl (C=O) groups is 1. The Morgan fingerprint density at radius 2 is 2.31 bits per heavy atom. The number of amides is 1. The van der Waals surface area contributed by atoms with Gasteiger partial charge in [-0.25, -0.2) is 0 Å². The fraction of sp³-hybridized carbons (Fsp3) is 0.400. The quantitative estimate of drug-likeness (QED) is 0.420. The summed E-state index contributed by atoms with van der Waals surface area (Å²) in [6.45, 7) is 8.87. The highest BCUT2D eigenvalue weighted by atomic mass is 16.2. The van der Waals surface area contributed by atoms with Crippen LogP contribution in [0.2, 0.25) is 0 Å². The standard InChI is InChI=1S/C20H28N8O/c1-4-17(29)28-12-14(7-6-13(28)3)24-19-16-8-9-23-18(16)26-20(27-19)25-15(10-21)11-22-5-2/h4,8-11,13-14H,1,5-7,12,21H2,2-3H3,(H3,23,24,25,26,27)/t13-,14+/m0/s1. The van der Waals surface area contributed by atoms with E-state index >= 15 is 0 Å². The Morgan fingerprint density at radius 3 is 3.03 bits per heavy atom. The second-order valence-corrected chi connectivity index (χ2v) is 6.97. The van der Waals surface area contributed by atoms with Crippen LogP contribution in [0, 0.1) is 0 Å². The van der Waals surface area contributed by atoms with E-state index in [0.29, 0.717) is 36.2 Å². The van der Waals surface area contributed by atoms with Crippen LogP contribution in [0.15, 0.2) is 41.8 Å². The number of nitrogens with zero attached hydrogens (tertiary/aromatic N) is 4. The van der Waals surface area contributed by atoms with Gasteiger partial charge in [-0.1, -0.05) is 6.58 Å². The number of likely N-dealkylation sites (tertiary alicyclic amines) is 1. The van der Waals surface area contributed by atoms with Crippen molar-refractivity contribution in [2.75, 3.05) is 23.7 Å². The predicted molar refractivity (Wildman–Crippen MR) is 117 cm³/mol. The molecule has 1 saturated heterocycles. The summed E-state index contributed by atoms with van der Waals surface area (Å²) in [6, 6.07) is 2.21. The molecule has 2 aromatic heterocycles. The van der Waals surface area contributed by atoms with Crippen molar-refractivity contribution >= 4 is 34.9 Å². The van der Waals surface area contributed by atoms with Gasteiger partial charge >= 0.3 is 0 Å². The number of fused-ring (bicyclic) bond motifs is 1. The van der Waals surface area contributed by atoms with Gasteiger partial charge in [0.1, 0.15) is 11.5 Å². The highest BCUT2D eigenvalue weighted by Gasteiger charge is 2.28. The first-order chi connectivity index (χ1) is 14.0. The molecule has 9 nitrogen and oxygen atoms in total. The van der Waals surface area contributed by atoms with Crippen LogP contribution in [0.4, 0.5) is 11.8 Å². The molecule has 2 atom stereocenters. The summed E-state index contributed by atoms with van der Waals surface area (Å²) < 4.78 is 0. The number of carbonyl (C=O) groups excluding carboxylic acids is 1. The molecule has 29 heavy (non-hydrogen) atoms. The number of aromatic nitrogens is 3. The fourth-order valence-electron chi connectivity index (χ4n) is 3.39. The lowest BCUT2D eigenvalue weighted by Gasteiger charge is -2.38. The Morgan fingerprint density at radius 1 is 1.48 bits per heavy atom. The zero-order valence-corrected chi connectivity index (χ0v) is 16.9. The summed E-state index contributed by atoms with van der Waals surface area (Å²) in [5.74, 6) is 1.06. The minimum Gasteiger partial charge on any atom is -0.403 e. The first-order valence-corrected chi connectivity index (χ1v) is 9.79. The Balaban J connectivity index is 1.83. The van der Waals surface area contributed by atoms with Gasteiger partial charge < -0.3 is 26.3 Å². The van der Waals surface area contributed by atoms with Gasteiger partial charge in [0, 0.05) is 43.8 Å². The number of H-pyrrole nitrogens is 1. The number of allylic oxidation sites excluding steroid dienone is 1. The molecule has 0 bridgehead atoms. The van der Waals surface area contributed by atoms with Crippen LogP contribution in [0.1, 0.15) is 26.7 Å². The van der Waals surface area contributed by atoms with Gasteiger partial charge in [-0.05, 0) is 38.8 Å². The third-order valence-electron chi connectivity index (χ3n) is 4.94. The topological polar surface area (TPSA) is 124 Å². The van der Waals surface area contributed by atoms with Gasteiger partial charge in [-0.3, -0.25) is 9.79 Å². The summed E-state index contributed by atoms with van der Waals surface area (Å²) in [5.41, 5.74) is 6.99. The summed E-state index contributed by atoms with van der Waals surface area (Å²) >= 11 is 0. The van der Waals surface area contributed by atoms with E-state index in [2.05, 4.69) is 44.1 Å². The van der Waals surface area contributed by atoms with E-state index in [0.717, 1.165) is 18.2 Å². The van der Waals surface area contributed by atoms with Crippen molar-refractivity contribution in [3.05, 3.63) is 36.8 Å². The third-order valence-corrected chi connectivity index (χ3v) is 4.94. The Hall–Kier alpha value is -3.36. The maximum Gasteiger partial charge on any atom is 0.246 e. The van der Waals surface area contributed by atoms with Crippen molar-refractivity contribution in [2.45, 2.75) is 38.8 Å². The molecule has 0 unspecified atom stereocenters. The molecule has 1 aliphatic heterocycles. The molecule has 0 saturated carbocycles. The lowest BCUT2D eigenvalue weighted by atomic mass is 9.99. The summed E-state index contributed by atoms with van der Waals surface area (Å²) in [4.78, 5) is 30.4. The van der Waals surface area contributed by atoms with E-state index in [1.54, 1.807) is 6.21 Å². The molecule has 9 heteroatoms. The van der Waals surface area contributed by atoms with Crippen molar-refractivity contribution in [3.63, 3.8) is 0 Å². The molecule has 0 radical (unpaired) electrons. The van der Waals surface area contributed by atoms with Crippen LogP contribution in [-0.2, 0) is 4.79 Å². The highest BCUT2D eigenvalue weighted by molar-refractivity contribution is 5.90. The maximum atomic E-state index is 12.2. The van der Waals surface area contributed by atoms with Crippen molar-refractivity contribution < 1.29 is 4.79 Å². The molecular weight excluding hydrogens is 368 g/mol. The van der Waals surface area contributed by atoms with Gasteiger partial charge in [0.15, 0.2) is 0 Å². The van der Waals surface area contributed by atoms with Crippen LogP contribution in [0.25, 0.3) is 11.0 Å². The molecular formula is C20H28N8O. The van der Waals surface area contributed by atoms with E-state index in [4.69, 9.17) is 5.73 Å². The van der Waals surface area contributed by atoms with Gasteiger partial charge in [0.05, 0.1) is 11.1 Å². The van der Waals surface area contributed by atoms with Crippen LogP contribution >= 0.6 is 0 Å². The van der Waals surface area contributed by atoms with E-state index < -0.39 is 0 Å². The maximum absolute atomic E-state index is 12.2. The van der Waals surface area contributed by atoms with Crippen LogP contribution in [0.5, 0.6) is 0 Å². The SMILES string of the molecule is C=CC(=O)N1C[C@H](Nc2nc(NC(C=NCC)=CN)nc3[nH]ccc23)CC[C@@H]1C. The lowest BCUT2D eigenvalue weighted by Crippen LogP contribution is -2.49. The number of nitrogens with two attached hydrogens (primary N) is 1. The molecule has 1 amide bonds. The number of aliphatic imine (C=N–C) groups is 1. The third kappa shape index (κ3) is 4.74. The zero-order valence-electron chi connectivity index (χ0n) is 16.9. The number of nitrogens with one attached hydrogen (secondary N) is 3. The number of hydrogen-bond acceptors (Lipinski definition) is 7. The van der Waals surface area contributed by atoms with E-state index in [-0.39, 0.29) is 18.0 Å². The van der Waals surface area contributed by atoms with Crippen molar-refractivity contribution in [1.29, 1.82) is 0 Å². The summed E-state index contributed by atoms with van der Waals surface area (Å²) in [6.07, 6.45) is 8.12. The number of aromatic amines is 1. The smallest absolute Gasteiger partial charge is 0.246 e. The number of anilines is 2. The van der Waals surface area contributed by atoms with Crippen LogP contribution < -0.4 is 16.4 Å². The van der Waals surface area contributed by atoms with Crippen molar-refractivity contribution in [2.24, 2.45) is 10.7 Å². The summed E-state index contributed by atoms with van der Waals surface area (Å²) in [7, 11) is 0. The first-order valence-electron chi connectivity index (χ1n) is 9.79. The van der Waals surface area contributed by atoms with Crippen molar-refractivity contribution in [1.82, 2.24) is 19.9 Å². The van der Waals surface area contributed by atoms with Crippen LogP contribution in [0.3, 0.4) is 0 Å². The zero-order chi connectivity index (χ0) is 20.8. The van der Waals surface area contributed by atoms with Crippen LogP contribution in [-0.4, -0.2) is 57.1 Å². The first kappa shape index (κ1) is 20.4. The van der Waals surface area contributed by atoms with E-state index in [1.807, 2.05) is 24.1 Å². The minimum absolute atomic E-state index is 0.0474. The normalized spacial score (nSPS) is 20.2. The van der Waals surface area contributed by atoms with Crippen molar-refractivity contribution in [3.8, 4) is 0 Å². The molecule has 2 aromatic rings. The molecule has 3 rings (SSSR count). The molecule has 1 fully saturated rings. The largest absolute Gasteiger partial charge is 0.403 e. The van der Waals surface area contributed by atoms with Gasteiger partial charge in [-0.15, -0.1) is 0 Å². The number of hydrogen-bond donors (Lipinski definition) is 4. The molecule has 5 N–H and O–H groups in total. The second-order valence-electron chi connectivity index (χ2n) is 6.97. The number of piperidine rings is 1. The monoisotopic (exact) mass is 396 g/mol. The molecule has 0 aliphatic carbocycles. The summed E-state index contributed by atoms with van der Waals surface area (Å²) in [5, 5.41) is 7.47. The Bertz CT molecular complexity index is 932. The molecule has 3 heterocycles.